The van der Waals surface area contributed by atoms with Crippen LogP contribution in [0.3, 0.4) is 0 Å². The lowest BCUT2D eigenvalue weighted by Crippen LogP contribution is -2.58. The van der Waals surface area contributed by atoms with E-state index in [2.05, 4.69) is 10.3 Å². The van der Waals surface area contributed by atoms with E-state index in [1.165, 1.54) is 18.3 Å². The molecule has 13 heteroatoms. The van der Waals surface area contributed by atoms with Gasteiger partial charge in [0.25, 0.3) is 11.5 Å². The maximum atomic E-state index is 13.4. The van der Waals surface area contributed by atoms with Crippen molar-refractivity contribution < 1.29 is 45.8 Å². The number of nitrogens with one attached hydrogen (secondary N) is 1. The fourth-order valence-electron chi connectivity index (χ4n) is 5.20. The minimum Gasteiger partial charge on any atom is -0.486 e. The molecular weight excluding hydrogens is 520 g/mol. The van der Waals surface area contributed by atoms with Crippen LogP contribution >= 0.6 is 0 Å². The van der Waals surface area contributed by atoms with Crippen molar-refractivity contribution in [3.63, 3.8) is 0 Å². The van der Waals surface area contributed by atoms with Gasteiger partial charge in [-0.3, -0.25) is 14.7 Å². The van der Waals surface area contributed by atoms with Gasteiger partial charge in [-0.2, -0.15) is 26.3 Å². The fourth-order valence-corrected chi connectivity index (χ4v) is 5.20. The monoisotopic (exact) mass is 547 g/mol. The van der Waals surface area contributed by atoms with Gasteiger partial charge in [-0.25, -0.2) is 4.79 Å². The van der Waals surface area contributed by atoms with Crippen LogP contribution in [-0.4, -0.2) is 56.5 Å². The molecule has 2 heterocycles. The molecule has 1 spiro atoms. The molecule has 2 aliphatic carbocycles. The van der Waals surface area contributed by atoms with Gasteiger partial charge in [-0.1, -0.05) is 38.3 Å². The number of hydrogen-bond donors (Lipinski definition) is 2. The first-order valence-electron chi connectivity index (χ1n) is 12.2. The van der Waals surface area contributed by atoms with Crippen molar-refractivity contribution in [3.05, 3.63) is 47.3 Å². The third-order valence-corrected chi connectivity index (χ3v) is 7.17. The fraction of sp³-hybridized carbons (Fsp3) is 0.560. The molecule has 1 aromatic heterocycles. The second kappa shape index (κ2) is 9.90. The van der Waals surface area contributed by atoms with Crippen LogP contribution in [0.2, 0.25) is 0 Å². The van der Waals surface area contributed by atoms with E-state index in [0.717, 1.165) is 17.7 Å². The minimum atomic E-state index is -5.98. The van der Waals surface area contributed by atoms with Crippen LogP contribution in [0, 0.1) is 0 Å². The van der Waals surface area contributed by atoms with Crippen LogP contribution in [0.4, 0.5) is 31.1 Å². The first-order chi connectivity index (χ1) is 17.7. The minimum absolute atomic E-state index is 0.125. The summed E-state index contributed by atoms with van der Waals surface area (Å²) in [6.07, 6.45) is -7.11. The molecule has 1 aromatic rings. The first-order valence-corrected chi connectivity index (χ1v) is 12.2. The Morgan fingerprint density at radius 1 is 1.16 bits per heavy atom. The van der Waals surface area contributed by atoms with Gasteiger partial charge in [-0.05, 0) is 36.5 Å². The van der Waals surface area contributed by atoms with Gasteiger partial charge in [0.05, 0.1) is 12.2 Å². The molecular formula is C25H27F6N3O4. The number of aliphatic hydroxyl groups is 1. The molecule has 7 nitrogen and oxygen atoms in total. The van der Waals surface area contributed by atoms with Gasteiger partial charge >= 0.3 is 18.4 Å². The van der Waals surface area contributed by atoms with Gasteiger partial charge in [0.2, 0.25) is 0 Å². The SMILES string of the molecule is CCCC1=CC(C(O)(C(F)(F)F)C(F)(F)F)=CCC1Oc1ccnc(CN2C(=O)NC3(CCCC3)C2=O)c1. The second-order valence-corrected chi connectivity index (χ2v) is 9.77. The zero-order valence-electron chi connectivity index (χ0n) is 20.5. The van der Waals surface area contributed by atoms with E-state index < -0.39 is 41.2 Å². The molecule has 208 valence electrons. The number of rotatable bonds is 7. The molecule has 1 saturated heterocycles. The highest BCUT2D eigenvalue weighted by molar-refractivity contribution is 6.07. The molecule has 2 N–H and O–H groups in total. The quantitative estimate of drug-likeness (QED) is 0.366. The van der Waals surface area contributed by atoms with Crippen LogP contribution in [-0.2, 0) is 11.3 Å². The molecule has 0 aromatic carbocycles. The van der Waals surface area contributed by atoms with E-state index in [1.807, 2.05) is 0 Å². The van der Waals surface area contributed by atoms with Gasteiger partial charge in [0.15, 0.2) is 0 Å². The van der Waals surface area contributed by atoms with Crippen molar-refractivity contribution in [1.82, 2.24) is 15.2 Å². The molecule has 38 heavy (non-hydrogen) atoms. The number of hydrogen-bond acceptors (Lipinski definition) is 5. The average molecular weight is 547 g/mol. The molecule has 1 saturated carbocycles. The Kier molecular flexibility index (Phi) is 7.28. The van der Waals surface area contributed by atoms with Gasteiger partial charge in [-0.15, -0.1) is 0 Å². The number of nitrogens with zero attached hydrogens (tertiary/aromatic N) is 2. The summed E-state index contributed by atoms with van der Waals surface area (Å²) < 4.78 is 86.1. The standard InChI is InChI=1S/C25H27F6N3O4/c1-2-5-15-12-16(23(37,24(26,27)28)25(29,30)31)6-7-19(15)38-18-8-11-32-17(13-18)14-34-20(35)22(33-21(34)36)9-3-4-10-22/h6,8,11-13,19,37H,2-5,7,9-10,14H2,1H3,(H,33,36). The van der Waals surface area contributed by atoms with Crippen LogP contribution in [0.25, 0.3) is 0 Å². The molecule has 1 atom stereocenters. The molecule has 2 fully saturated rings. The number of amides is 3. The Balaban J connectivity index is 1.52. The number of alkyl halides is 6. The molecule has 3 aliphatic rings. The summed E-state index contributed by atoms with van der Waals surface area (Å²) in [5.41, 5.74) is -6.71. The lowest BCUT2D eigenvalue weighted by molar-refractivity contribution is -0.351. The maximum absolute atomic E-state index is 13.4. The topological polar surface area (TPSA) is 91.8 Å². The van der Waals surface area contributed by atoms with E-state index >= 15 is 0 Å². The molecule has 1 aliphatic heterocycles. The van der Waals surface area contributed by atoms with Crippen LogP contribution < -0.4 is 10.1 Å². The summed E-state index contributed by atoms with van der Waals surface area (Å²) in [4.78, 5) is 30.6. The largest absolute Gasteiger partial charge is 0.486 e. The average Bonchev–Trinajstić information content (AvgIpc) is 3.39. The number of pyridine rings is 1. The third kappa shape index (κ3) is 4.87. The number of halogens is 6. The van der Waals surface area contributed by atoms with Gasteiger partial charge in [0, 0.05) is 18.7 Å². The number of carbonyl (C=O) groups excluding carboxylic acids is 2. The summed E-state index contributed by atoms with van der Waals surface area (Å²) in [7, 11) is 0. The molecule has 0 bridgehead atoms. The predicted octanol–water partition coefficient (Wildman–Crippen LogP) is 5.11. The normalized spacial score (nSPS) is 22.0. The Morgan fingerprint density at radius 3 is 2.42 bits per heavy atom. The predicted molar refractivity (Wildman–Crippen MR) is 122 cm³/mol. The number of urea groups is 1. The molecule has 1 unspecified atom stereocenters. The van der Waals surface area contributed by atoms with E-state index in [1.54, 1.807) is 6.92 Å². The lowest BCUT2D eigenvalue weighted by Gasteiger charge is -2.36. The highest BCUT2D eigenvalue weighted by Gasteiger charge is 2.72. The Labute approximate surface area is 214 Å². The number of carbonyl (C=O) groups is 2. The highest BCUT2D eigenvalue weighted by Crippen LogP contribution is 2.49. The third-order valence-electron chi connectivity index (χ3n) is 7.17. The Bertz CT molecular complexity index is 1140. The summed E-state index contributed by atoms with van der Waals surface area (Å²) in [6.45, 7) is 1.58. The van der Waals surface area contributed by atoms with Crippen molar-refractivity contribution in [2.45, 2.75) is 88.0 Å². The van der Waals surface area contributed by atoms with Gasteiger partial charge in [0.1, 0.15) is 17.4 Å². The first kappa shape index (κ1) is 27.9. The van der Waals surface area contributed by atoms with Crippen molar-refractivity contribution in [3.8, 4) is 5.75 Å². The summed E-state index contributed by atoms with van der Waals surface area (Å²) in [6, 6.07) is 2.40. The Morgan fingerprint density at radius 2 is 1.82 bits per heavy atom. The van der Waals surface area contributed by atoms with Crippen molar-refractivity contribution in [2.75, 3.05) is 0 Å². The Hall–Kier alpha value is -3.09. The van der Waals surface area contributed by atoms with E-state index in [-0.39, 0.29) is 36.6 Å². The number of aromatic nitrogens is 1. The zero-order valence-corrected chi connectivity index (χ0v) is 20.5. The summed E-state index contributed by atoms with van der Waals surface area (Å²) >= 11 is 0. The summed E-state index contributed by atoms with van der Waals surface area (Å²) in [5, 5.41) is 12.6. The lowest BCUT2D eigenvalue weighted by atomic mass is 9.83. The van der Waals surface area contributed by atoms with E-state index in [0.29, 0.717) is 37.1 Å². The van der Waals surface area contributed by atoms with Crippen molar-refractivity contribution in [2.24, 2.45) is 0 Å². The van der Waals surface area contributed by atoms with Crippen molar-refractivity contribution in [1.29, 1.82) is 0 Å². The van der Waals surface area contributed by atoms with Crippen molar-refractivity contribution >= 4 is 11.9 Å². The smallest absolute Gasteiger partial charge is 0.430 e. The number of ether oxygens (including phenoxy) is 1. The van der Waals surface area contributed by atoms with Crippen LogP contribution in [0.5, 0.6) is 5.75 Å². The second-order valence-electron chi connectivity index (χ2n) is 9.77. The maximum Gasteiger partial charge on any atom is 0.430 e. The summed E-state index contributed by atoms with van der Waals surface area (Å²) in [5.74, 6) is -0.114. The van der Waals surface area contributed by atoms with E-state index in [9.17, 15) is 41.0 Å². The highest BCUT2D eigenvalue weighted by atomic mass is 19.4. The zero-order chi connectivity index (χ0) is 27.9. The van der Waals surface area contributed by atoms with Crippen LogP contribution in [0.1, 0.15) is 57.6 Å². The van der Waals surface area contributed by atoms with Crippen LogP contribution in [0.15, 0.2) is 41.6 Å². The molecule has 3 amide bonds. The molecule has 0 radical (unpaired) electrons. The molecule has 4 rings (SSSR count). The van der Waals surface area contributed by atoms with E-state index in [4.69, 9.17) is 4.74 Å². The van der Waals surface area contributed by atoms with Gasteiger partial charge < -0.3 is 15.2 Å². The number of imide groups is 1.